The first kappa shape index (κ1) is 17.9. The highest BCUT2D eigenvalue weighted by Crippen LogP contribution is 2.34. The van der Waals surface area contributed by atoms with Crippen molar-refractivity contribution in [2.45, 2.75) is 64.3 Å². The predicted octanol–water partition coefficient (Wildman–Crippen LogP) is 2.70. The second kappa shape index (κ2) is 8.44. The molecule has 7 heteroatoms. The number of aryl methyl sites for hydroxylation is 1. The average molecular weight is 436 g/mol. The van der Waals surface area contributed by atoms with E-state index < -0.39 is 0 Å². The normalized spacial score (nSPS) is 26.8. The highest BCUT2D eigenvalue weighted by Gasteiger charge is 2.41. The topological polar surface area (TPSA) is 58.5 Å². The molecule has 3 rings (SSSR count). The van der Waals surface area contributed by atoms with Crippen molar-refractivity contribution in [3.05, 3.63) is 16.1 Å². The number of guanidine groups is 1. The van der Waals surface area contributed by atoms with Gasteiger partial charge in [0.1, 0.15) is 5.01 Å². The number of fused-ring (bicyclic) bond motifs is 2. The molecule has 2 aliphatic rings. The first-order chi connectivity index (χ1) is 10.3. The molecule has 2 saturated heterocycles. The Kier molecular flexibility index (Phi) is 6.88. The minimum atomic E-state index is 0. The first-order valence-corrected chi connectivity index (χ1v) is 8.74. The number of rotatable bonds is 5. The number of nitrogens with one attached hydrogen (secondary N) is 2. The molecule has 3 heterocycles. The second-order valence-electron chi connectivity index (χ2n) is 5.63. The molecule has 0 aromatic carbocycles. The lowest BCUT2D eigenvalue weighted by molar-refractivity contribution is 0.0992. The predicted molar refractivity (Wildman–Crippen MR) is 101 cm³/mol. The van der Waals surface area contributed by atoms with Crippen molar-refractivity contribution >= 4 is 41.3 Å². The first-order valence-electron chi connectivity index (χ1n) is 7.92. The lowest BCUT2D eigenvalue weighted by Crippen LogP contribution is -2.47. The van der Waals surface area contributed by atoms with Gasteiger partial charge in [-0.05, 0) is 32.6 Å². The fourth-order valence-electron chi connectivity index (χ4n) is 3.02. The summed E-state index contributed by atoms with van der Waals surface area (Å²) in [7, 11) is 0. The number of halogens is 1. The van der Waals surface area contributed by atoms with Crippen LogP contribution in [0.2, 0.25) is 0 Å². The Balaban J connectivity index is 0.00000176. The summed E-state index contributed by atoms with van der Waals surface area (Å²) >= 11 is 1.75. The van der Waals surface area contributed by atoms with Crippen LogP contribution in [0.1, 0.15) is 43.0 Å². The van der Waals surface area contributed by atoms with Gasteiger partial charge in [0.05, 0.1) is 24.8 Å². The molecule has 22 heavy (non-hydrogen) atoms. The van der Waals surface area contributed by atoms with Crippen LogP contribution in [0.15, 0.2) is 11.2 Å². The molecule has 3 atom stereocenters. The Morgan fingerprint density at radius 2 is 2.32 bits per heavy atom. The molecule has 2 N–H and O–H groups in total. The SMILES string of the molecule is CCNC(=NCc1ncc(CC)s1)NC1CC2CCC1O2.I. The van der Waals surface area contributed by atoms with E-state index in [1.165, 1.54) is 17.7 Å². The Bertz CT molecular complexity index is 507. The van der Waals surface area contributed by atoms with Gasteiger partial charge in [0.15, 0.2) is 5.96 Å². The van der Waals surface area contributed by atoms with Gasteiger partial charge >= 0.3 is 0 Å². The van der Waals surface area contributed by atoms with Crippen molar-refractivity contribution in [1.82, 2.24) is 15.6 Å². The van der Waals surface area contributed by atoms with Gasteiger partial charge in [-0.25, -0.2) is 9.98 Å². The van der Waals surface area contributed by atoms with Crippen LogP contribution in [0, 0.1) is 0 Å². The zero-order chi connectivity index (χ0) is 14.7. The zero-order valence-electron chi connectivity index (χ0n) is 13.2. The van der Waals surface area contributed by atoms with Crippen LogP contribution in [-0.4, -0.2) is 35.7 Å². The molecule has 3 unspecified atom stereocenters. The van der Waals surface area contributed by atoms with Crippen molar-refractivity contribution in [3.8, 4) is 0 Å². The van der Waals surface area contributed by atoms with Gasteiger partial charge < -0.3 is 15.4 Å². The Morgan fingerprint density at radius 1 is 1.45 bits per heavy atom. The molecule has 2 aliphatic heterocycles. The fraction of sp³-hybridized carbons (Fsp3) is 0.733. The van der Waals surface area contributed by atoms with Gasteiger partial charge in [-0.2, -0.15) is 0 Å². The smallest absolute Gasteiger partial charge is 0.191 e. The summed E-state index contributed by atoms with van der Waals surface area (Å²) in [5, 5.41) is 7.93. The van der Waals surface area contributed by atoms with Crippen molar-refractivity contribution in [1.29, 1.82) is 0 Å². The summed E-state index contributed by atoms with van der Waals surface area (Å²) in [6.45, 7) is 5.75. The highest BCUT2D eigenvalue weighted by atomic mass is 127. The number of ether oxygens (including phenoxy) is 1. The lowest BCUT2D eigenvalue weighted by Gasteiger charge is -2.22. The van der Waals surface area contributed by atoms with Gasteiger partial charge in [-0.15, -0.1) is 35.3 Å². The number of aromatic nitrogens is 1. The number of nitrogens with zero attached hydrogens (tertiary/aromatic N) is 2. The van der Waals surface area contributed by atoms with Crippen molar-refractivity contribution in [2.75, 3.05) is 6.54 Å². The molecule has 0 amide bonds. The van der Waals surface area contributed by atoms with Gasteiger partial charge in [0, 0.05) is 17.6 Å². The van der Waals surface area contributed by atoms with E-state index in [4.69, 9.17) is 4.74 Å². The summed E-state index contributed by atoms with van der Waals surface area (Å²) < 4.78 is 5.89. The third kappa shape index (κ3) is 4.32. The molecular weight excluding hydrogens is 411 g/mol. The minimum absolute atomic E-state index is 0. The van der Waals surface area contributed by atoms with Crippen molar-refractivity contribution in [2.24, 2.45) is 4.99 Å². The number of thiazole rings is 1. The summed E-state index contributed by atoms with van der Waals surface area (Å²) in [6.07, 6.45) is 7.32. The molecule has 1 aromatic heterocycles. The highest BCUT2D eigenvalue weighted by molar-refractivity contribution is 14.0. The third-order valence-corrected chi connectivity index (χ3v) is 5.22. The lowest BCUT2D eigenvalue weighted by atomic mass is 9.96. The van der Waals surface area contributed by atoms with Crippen LogP contribution in [0.4, 0.5) is 0 Å². The van der Waals surface area contributed by atoms with Crippen molar-refractivity contribution < 1.29 is 4.74 Å². The largest absolute Gasteiger partial charge is 0.373 e. The standard InChI is InChI=1S/C15H24N4OS.HI/c1-3-11-8-17-14(21-11)9-18-15(16-4-2)19-12-7-10-5-6-13(12)20-10;/h8,10,12-13H,3-7,9H2,1-2H3,(H2,16,18,19);1H. The van der Waals surface area contributed by atoms with E-state index in [0.717, 1.165) is 30.4 Å². The monoisotopic (exact) mass is 436 g/mol. The maximum absolute atomic E-state index is 5.89. The van der Waals surface area contributed by atoms with Gasteiger partial charge in [0.2, 0.25) is 0 Å². The van der Waals surface area contributed by atoms with E-state index >= 15 is 0 Å². The van der Waals surface area contributed by atoms with Crippen LogP contribution in [0.3, 0.4) is 0 Å². The maximum Gasteiger partial charge on any atom is 0.191 e. The molecule has 2 fully saturated rings. The molecular formula is C15H25IN4OS. The molecule has 0 spiro atoms. The molecule has 1 aromatic rings. The van der Waals surface area contributed by atoms with Crippen molar-refractivity contribution in [3.63, 3.8) is 0 Å². The van der Waals surface area contributed by atoms with E-state index in [1.54, 1.807) is 11.3 Å². The fourth-order valence-corrected chi connectivity index (χ4v) is 3.80. The molecule has 124 valence electrons. The maximum atomic E-state index is 5.89. The molecule has 0 aliphatic carbocycles. The Hall–Kier alpha value is -0.410. The van der Waals surface area contributed by atoms with Gasteiger partial charge in [-0.1, -0.05) is 6.92 Å². The van der Waals surface area contributed by atoms with Crippen LogP contribution in [0.25, 0.3) is 0 Å². The van der Waals surface area contributed by atoms with Crippen LogP contribution >= 0.6 is 35.3 Å². The third-order valence-electron chi connectivity index (χ3n) is 4.09. The summed E-state index contributed by atoms with van der Waals surface area (Å²) in [5.74, 6) is 0.881. The van der Waals surface area contributed by atoms with Crippen LogP contribution in [0.5, 0.6) is 0 Å². The molecule has 0 saturated carbocycles. The van der Waals surface area contributed by atoms with Gasteiger partial charge in [0.25, 0.3) is 0 Å². The second-order valence-corrected chi connectivity index (χ2v) is 6.83. The Labute approximate surface area is 153 Å². The van der Waals surface area contributed by atoms with Crippen LogP contribution in [-0.2, 0) is 17.7 Å². The van der Waals surface area contributed by atoms with Gasteiger partial charge in [-0.3, -0.25) is 0 Å². The van der Waals surface area contributed by atoms with Crippen LogP contribution < -0.4 is 10.6 Å². The molecule has 0 radical (unpaired) electrons. The zero-order valence-corrected chi connectivity index (χ0v) is 16.3. The van der Waals surface area contributed by atoms with E-state index in [2.05, 4.69) is 34.5 Å². The molecule has 5 nitrogen and oxygen atoms in total. The minimum Gasteiger partial charge on any atom is -0.373 e. The van der Waals surface area contributed by atoms with E-state index in [1.807, 2.05) is 6.20 Å². The summed E-state index contributed by atoms with van der Waals surface area (Å²) in [5.41, 5.74) is 0. The quantitative estimate of drug-likeness (QED) is 0.424. The Morgan fingerprint density at radius 3 is 2.91 bits per heavy atom. The van der Waals surface area contributed by atoms with E-state index in [0.29, 0.717) is 24.8 Å². The number of hydrogen-bond acceptors (Lipinski definition) is 4. The number of aliphatic imine (C=N–C) groups is 1. The van der Waals surface area contributed by atoms with E-state index in [-0.39, 0.29) is 24.0 Å². The number of hydrogen-bond donors (Lipinski definition) is 2. The van der Waals surface area contributed by atoms with E-state index in [9.17, 15) is 0 Å². The molecule has 2 bridgehead atoms. The summed E-state index contributed by atoms with van der Waals surface area (Å²) in [4.78, 5) is 10.4. The average Bonchev–Trinajstić information content (AvgIpc) is 3.21. The summed E-state index contributed by atoms with van der Waals surface area (Å²) in [6, 6.07) is 0.407.